The first-order valence-electron chi connectivity index (χ1n) is 8.02. The molecule has 128 valence electrons. The Hall–Kier alpha value is -3.22. The number of rotatable bonds is 6. The second-order valence-corrected chi connectivity index (χ2v) is 5.48. The number of hydrogen-bond donors (Lipinski definition) is 1. The average Bonchev–Trinajstić information content (AvgIpc) is 3.16. The van der Waals surface area contributed by atoms with Crippen LogP contribution in [0.5, 0.6) is 5.75 Å². The summed E-state index contributed by atoms with van der Waals surface area (Å²) in [5.41, 5.74) is 1.53. The van der Waals surface area contributed by atoms with E-state index in [2.05, 4.69) is 20.4 Å². The van der Waals surface area contributed by atoms with Crippen LogP contribution in [0, 0.1) is 6.92 Å². The van der Waals surface area contributed by atoms with Gasteiger partial charge in [-0.25, -0.2) is 14.6 Å². The van der Waals surface area contributed by atoms with Gasteiger partial charge in [0.2, 0.25) is 0 Å². The molecule has 0 spiro atoms. The van der Waals surface area contributed by atoms with E-state index in [1.165, 1.54) is 17.3 Å². The summed E-state index contributed by atoms with van der Waals surface area (Å²) in [7, 11) is 0. The lowest BCUT2D eigenvalue weighted by Crippen LogP contribution is -2.33. The number of aryl methyl sites for hydroxylation is 1. The van der Waals surface area contributed by atoms with Gasteiger partial charge in [-0.05, 0) is 37.1 Å². The number of carbonyl (C=O) groups is 1. The average molecular weight is 337 g/mol. The first-order chi connectivity index (χ1) is 12.2. The SMILES string of the molecule is CCC(Oc1ccccc1C)C(=O)Nc1cccnc1-n1cncn1. The molecular weight excluding hydrogens is 318 g/mol. The number of para-hydroxylation sites is 1. The van der Waals surface area contributed by atoms with Gasteiger partial charge >= 0.3 is 0 Å². The van der Waals surface area contributed by atoms with Crippen molar-refractivity contribution < 1.29 is 9.53 Å². The van der Waals surface area contributed by atoms with Crippen molar-refractivity contribution in [2.24, 2.45) is 0 Å². The second-order valence-electron chi connectivity index (χ2n) is 5.48. The number of nitrogens with one attached hydrogen (secondary N) is 1. The van der Waals surface area contributed by atoms with E-state index in [0.717, 1.165) is 5.56 Å². The van der Waals surface area contributed by atoms with Gasteiger partial charge in [0.15, 0.2) is 11.9 Å². The maximum absolute atomic E-state index is 12.7. The van der Waals surface area contributed by atoms with Crippen LogP contribution in [0.15, 0.2) is 55.2 Å². The van der Waals surface area contributed by atoms with Crippen molar-refractivity contribution in [2.75, 3.05) is 5.32 Å². The summed E-state index contributed by atoms with van der Waals surface area (Å²) in [6.07, 6.45) is 4.51. The molecule has 1 aromatic carbocycles. The lowest BCUT2D eigenvalue weighted by atomic mass is 10.2. The monoisotopic (exact) mass is 337 g/mol. The van der Waals surface area contributed by atoms with E-state index in [-0.39, 0.29) is 5.91 Å². The van der Waals surface area contributed by atoms with Gasteiger partial charge in [-0.15, -0.1) is 0 Å². The molecule has 0 aliphatic carbocycles. The number of aromatic nitrogens is 4. The Morgan fingerprint density at radius 2 is 2.12 bits per heavy atom. The minimum atomic E-state index is -0.607. The highest BCUT2D eigenvalue weighted by molar-refractivity contribution is 5.95. The van der Waals surface area contributed by atoms with E-state index in [9.17, 15) is 4.79 Å². The van der Waals surface area contributed by atoms with Gasteiger partial charge in [0.05, 0.1) is 5.69 Å². The van der Waals surface area contributed by atoms with Crippen LogP contribution in [0.3, 0.4) is 0 Å². The van der Waals surface area contributed by atoms with Gasteiger partial charge in [0.1, 0.15) is 18.4 Å². The number of benzene rings is 1. The van der Waals surface area contributed by atoms with Crippen molar-refractivity contribution >= 4 is 11.6 Å². The Balaban J connectivity index is 1.78. The van der Waals surface area contributed by atoms with E-state index in [1.54, 1.807) is 18.3 Å². The molecule has 7 nitrogen and oxygen atoms in total. The smallest absolute Gasteiger partial charge is 0.265 e. The Bertz CT molecular complexity index is 848. The topological polar surface area (TPSA) is 81.9 Å². The van der Waals surface area contributed by atoms with Crippen molar-refractivity contribution in [3.63, 3.8) is 0 Å². The fraction of sp³-hybridized carbons (Fsp3) is 0.222. The Morgan fingerprint density at radius 1 is 1.28 bits per heavy atom. The summed E-state index contributed by atoms with van der Waals surface area (Å²) in [4.78, 5) is 20.8. The van der Waals surface area contributed by atoms with E-state index in [0.29, 0.717) is 23.7 Å². The first-order valence-corrected chi connectivity index (χ1v) is 8.02. The fourth-order valence-corrected chi connectivity index (χ4v) is 2.37. The summed E-state index contributed by atoms with van der Waals surface area (Å²) in [5.74, 6) is 0.964. The molecule has 0 saturated heterocycles. The zero-order valence-corrected chi connectivity index (χ0v) is 14.1. The molecule has 2 aromatic heterocycles. The molecule has 0 saturated carbocycles. The molecule has 1 atom stereocenters. The fourth-order valence-electron chi connectivity index (χ4n) is 2.37. The van der Waals surface area contributed by atoms with Crippen LogP contribution in [0.1, 0.15) is 18.9 Å². The van der Waals surface area contributed by atoms with Crippen LogP contribution in [0.25, 0.3) is 5.82 Å². The van der Waals surface area contributed by atoms with E-state index in [1.807, 2.05) is 38.1 Å². The Kier molecular flexibility index (Phi) is 5.03. The van der Waals surface area contributed by atoms with Crippen molar-refractivity contribution in [3.8, 4) is 11.6 Å². The van der Waals surface area contributed by atoms with Crippen molar-refractivity contribution in [3.05, 3.63) is 60.8 Å². The van der Waals surface area contributed by atoms with E-state index < -0.39 is 6.10 Å². The van der Waals surface area contributed by atoms with Crippen molar-refractivity contribution in [1.29, 1.82) is 0 Å². The van der Waals surface area contributed by atoms with Crippen LogP contribution < -0.4 is 10.1 Å². The largest absolute Gasteiger partial charge is 0.480 e. The van der Waals surface area contributed by atoms with Gasteiger partial charge in [-0.1, -0.05) is 25.1 Å². The van der Waals surface area contributed by atoms with E-state index >= 15 is 0 Å². The maximum atomic E-state index is 12.7. The predicted molar refractivity (Wildman–Crippen MR) is 93.7 cm³/mol. The predicted octanol–water partition coefficient (Wildman–Crippen LogP) is 2.77. The lowest BCUT2D eigenvalue weighted by Gasteiger charge is -2.19. The minimum Gasteiger partial charge on any atom is -0.480 e. The van der Waals surface area contributed by atoms with E-state index in [4.69, 9.17) is 4.74 Å². The number of anilines is 1. The highest BCUT2D eigenvalue weighted by atomic mass is 16.5. The normalized spacial score (nSPS) is 11.8. The van der Waals surface area contributed by atoms with Crippen molar-refractivity contribution in [2.45, 2.75) is 26.4 Å². The summed E-state index contributed by atoms with van der Waals surface area (Å²) >= 11 is 0. The van der Waals surface area contributed by atoms with Crippen molar-refractivity contribution in [1.82, 2.24) is 19.7 Å². The molecule has 1 N–H and O–H groups in total. The highest BCUT2D eigenvalue weighted by Gasteiger charge is 2.21. The second kappa shape index (κ2) is 7.57. The zero-order chi connectivity index (χ0) is 17.6. The summed E-state index contributed by atoms with van der Waals surface area (Å²) in [6, 6.07) is 11.1. The van der Waals surface area contributed by atoms with Gasteiger partial charge in [-0.3, -0.25) is 4.79 Å². The molecule has 7 heteroatoms. The molecule has 0 aliphatic rings. The van der Waals surface area contributed by atoms with Crippen LogP contribution >= 0.6 is 0 Å². The molecule has 3 rings (SSSR count). The molecule has 3 aromatic rings. The third-order valence-corrected chi connectivity index (χ3v) is 3.71. The van der Waals surface area contributed by atoms with Gasteiger partial charge in [0, 0.05) is 6.20 Å². The minimum absolute atomic E-state index is 0.236. The standard InChI is InChI=1S/C18H19N5O2/c1-3-15(25-16-9-5-4-7-13(16)2)18(24)22-14-8-6-10-20-17(14)23-12-19-11-21-23/h4-12,15H,3H2,1-2H3,(H,22,24). The highest BCUT2D eigenvalue weighted by Crippen LogP contribution is 2.21. The summed E-state index contributed by atoms with van der Waals surface area (Å²) in [6.45, 7) is 3.86. The molecule has 1 unspecified atom stereocenters. The number of amides is 1. The van der Waals surface area contributed by atoms with Gasteiger partial charge in [0.25, 0.3) is 5.91 Å². The van der Waals surface area contributed by atoms with Crippen LogP contribution in [0.2, 0.25) is 0 Å². The molecular formula is C18H19N5O2. The third kappa shape index (κ3) is 3.82. The molecule has 0 aliphatic heterocycles. The first kappa shape index (κ1) is 16.6. The molecule has 2 heterocycles. The number of nitrogens with zero attached hydrogens (tertiary/aromatic N) is 4. The van der Waals surface area contributed by atoms with Crippen LogP contribution in [-0.2, 0) is 4.79 Å². The zero-order valence-electron chi connectivity index (χ0n) is 14.1. The molecule has 0 fully saturated rings. The molecule has 1 amide bonds. The Morgan fingerprint density at radius 3 is 2.84 bits per heavy atom. The molecule has 0 radical (unpaired) electrons. The summed E-state index contributed by atoms with van der Waals surface area (Å²) in [5, 5.41) is 6.93. The number of ether oxygens (including phenoxy) is 1. The van der Waals surface area contributed by atoms with Crippen LogP contribution in [-0.4, -0.2) is 31.8 Å². The van der Waals surface area contributed by atoms with Crippen LogP contribution in [0.4, 0.5) is 5.69 Å². The van der Waals surface area contributed by atoms with Gasteiger partial charge in [-0.2, -0.15) is 5.10 Å². The number of hydrogen-bond acceptors (Lipinski definition) is 5. The molecule has 25 heavy (non-hydrogen) atoms. The quantitative estimate of drug-likeness (QED) is 0.748. The summed E-state index contributed by atoms with van der Waals surface area (Å²) < 4.78 is 7.39. The Labute approximate surface area is 145 Å². The maximum Gasteiger partial charge on any atom is 0.265 e. The molecule has 0 bridgehead atoms. The third-order valence-electron chi connectivity index (χ3n) is 3.71. The van der Waals surface area contributed by atoms with Gasteiger partial charge < -0.3 is 10.1 Å². The number of carbonyl (C=O) groups excluding carboxylic acids is 1. The lowest BCUT2D eigenvalue weighted by molar-refractivity contribution is -0.122. The number of pyridine rings is 1.